The summed E-state index contributed by atoms with van der Waals surface area (Å²) in [6.45, 7) is 5.11. The largest absolute Gasteiger partial charge is 0.463 e. The molecule has 106 valence electrons. The molecule has 19 heavy (non-hydrogen) atoms. The van der Waals surface area contributed by atoms with Crippen LogP contribution in [-0.4, -0.2) is 52.5 Å². The number of nitrogens with one attached hydrogen (secondary N) is 1. The molecule has 1 amide bonds. The molecule has 8 heteroatoms. The lowest BCUT2D eigenvalue weighted by Crippen LogP contribution is -2.32. The number of amides is 1. The minimum atomic E-state index is -0.0601. The van der Waals surface area contributed by atoms with Gasteiger partial charge in [0.1, 0.15) is 0 Å². The highest BCUT2D eigenvalue weighted by molar-refractivity contribution is 6.28. The molecule has 0 fully saturated rings. The van der Waals surface area contributed by atoms with Crippen molar-refractivity contribution in [1.82, 2.24) is 19.9 Å². The van der Waals surface area contributed by atoms with Crippen molar-refractivity contribution in [2.24, 2.45) is 0 Å². The first kappa shape index (κ1) is 15.4. The molecule has 0 aliphatic heterocycles. The lowest BCUT2D eigenvalue weighted by Gasteiger charge is -2.14. The van der Waals surface area contributed by atoms with E-state index in [1.807, 2.05) is 13.8 Å². The molecule has 7 nitrogen and oxygen atoms in total. The van der Waals surface area contributed by atoms with Crippen molar-refractivity contribution in [3.63, 3.8) is 0 Å². The SMILES string of the molecule is CCCOc1nc(Cl)nc(NCC(=O)N(C)CC)n1. The van der Waals surface area contributed by atoms with E-state index in [2.05, 4.69) is 20.3 Å². The molecule has 1 aromatic heterocycles. The van der Waals surface area contributed by atoms with E-state index in [4.69, 9.17) is 16.3 Å². The Morgan fingerprint density at radius 2 is 2.11 bits per heavy atom. The first-order valence-electron chi connectivity index (χ1n) is 6.09. The Hall–Kier alpha value is -1.63. The zero-order chi connectivity index (χ0) is 14.3. The second-order valence-corrected chi connectivity index (χ2v) is 4.16. The van der Waals surface area contributed by atoms with E-state index in [9.17, 15) is 4.79 Å². The molecule has 0 aromatic carbocycles. The van der Waals surface area contributed by atoms with Crippen LogP contribution in [0.3, 0.4) is 0 Å². The molecule has 0 aliphatic rings. The molecule has 0 atom stereocenters. The predicted octanol–water partition coefficient (Wildman–Crippen LogP) is 1.20. The summed E-state index contributed by atoms with van der Waals surface area (Å²) in [6, 6.07) is 0.153. The molecule has 1 N–H and O–H groups in total. The third-order valence-electron chi connectivity index (χ3n) is 2.32. The number of hydrogen-bond acceptors (Lipinski definition) is 6. The molecule has 0 radical (unpaired) electrons. The van der Waals surface area contributed by atoms with Gasteiger partial charge >= 0.3 is 6.01 Å². The summed E-state index contributed by atoms with van der Waals surface area (Å²) in [7, 11) is 1.72. The van der Waals surface area contributed by atoms with Crippen LogP contribution in [0.4, 0.5) is 5.95 Å². The molecular weight excluding hydrogens is 270 g/mol. The minimum Gasteiger partial charge on any atom is -0.463 e. The monoisotopic (exact) mass is 287 g/mol. The first-order chi connectivity index (χ1) is 9.06. The maximum atomic E-state index is 11.6. The molecule has 0 unspecified atom stereocenters. The maximum absolute atomic E-state index is 11.6. The second-order valence-electron chi connectivity index (χ2n) is 3.82. The number of halogens is 1. The molecule has 1 heterocycles. The number of hydrogen-bond donors (Lipinski definition) is 1. The Morgan fingerprint density at radius 1 is 1.37 bits per heavy atom. The molecule has 1 rings (SSSR count). The van der Waals surface area contributed by atoms with Gasteiger partial charge in [-0.3, -0.25) is 4.79 Å². The fraction of sp³-hybridized carbons (Fsp3) is 0.636. The highest BCUT2D eigenvalue weighted by Gasteiger charge is 2.09. The van der Waals surface area contributed by atoms with Crippen molar-refractivity contribution < 1.29 is 9.53 Å². The van der Waals surface area contributed by atoms with Crippen LogP contribution in [0.15, 0.2) is 0 Å². The van der Waals surface area contributed by atoms with E-state index >= 15 is 0 Å². The van der Waals surface area contributed by atoms with Crippen LogP contribution in [0.25, 0.3) is 0 Å². The van der Waals surface area contributed by atoms with Gasteiger partial charge in [-0.15, -0.1) is 0 Å². The van der Waals surface area contributed by atoms with Gasteiger partial charge in [0.25, 0.3) is 0 Å². The van der Waals surface area contributed by atoms with E-state index in [1.165, 1.54) is 0 Å². The normalized spacial score (nSPS) is 10.1. The summed E-state index contributed by atoms with van der Waals surface area (Å²) in [5.41, 5.74) is 0. The van der Waals surface area contributed by atoms with Gasteiger partial charge < -0.3 is 15.0 Å². The number of aromatic nitrogens is 3. The average molecular weight is 288 g/mol. The summed E-state index contributed by atoms with van der Waals surface area (Å²) in [6.07, 6.45) is 0.839. The van der Waals surface area contributed by atoms with E-state index in [-0.39, 0.29) is 29.7 Å². The van der Waals surface area contributed by atoms with Crippen LogP contribution in [0.1, 0.15) is 20.3 Å². The Bertz CT molecular complexity index is 430. The van der Waals surface area contributed by atoms with Crippen LogP contribution < -0.4 is 10.1 Å². The van der Waals surface area contributed by atoms with E-state index in [1.54, 1.807) is 11.9 Å². The second kappa shape index (κ2) is 7.73. The standard InChI is InChI=1S/C11H18ClN5O2/c1-4-6-19-11-15-9(12)14-10(16-11)13-7-8(18)17(3)5-2/h4-7H2,1-3H3,(H,13,14,15,16). The number of carbonyl (C=O) groups excluding carboxylic acids is 1. The van der Waals surface area contributed by atoms with Crippen molar-refractivity contribution in [3.05, 3.63) is 5.28 Å². The Balaban J connectivity index is 2.62. The molecule has 1 aromatic rings. The van der Waals surface area contributed by atoms with Crippen molar-refractivity contribution in [3.8, 4) is 6.01 Å². The minimum absolute atomic E-state index is 0.0277. The first-order valence-corrected chi connectivity index (χ1v) is 6.46. The topological polar surface area (TPSA) is 80.2 Å². The van der Waals surface area contributed by atoms with Crippen molar-refractivity contribution in [2.75, 3.05) is 32.1 Å². The van der Waals surface area contributed by atoms with Crippen LogP contribution >= 0.6 is 11.6 Å². The van der Waals surface area contributed by atoms with Crippen molar-refractivity contribution in [2.45, 2.75) is 20.3 Å². The Labute approximate surface area is 117 Å². The predicted molar refractivity (Wildman–Crippen MR) is 72.4 cm³/mol. The van der Waals surface area contributed by atoms with Crippen LogP contribution in [0.2, 0.25) is 5.28 Å². The van der Waals surface area contributed by atoms with E-state index < -0.39 is 0 Å². The fourth-order valence-corrected chi connectivity index (χ4v) is 1.29. The van der Waals surface area contributed by atoms with Gasteiger partial charge in [-0.05, 0) is 24.9 Å². The van der Waals surface area contributed by atoms with E-state index in [0.717, 1.165) is 6.42 Å². The quantitative estimate of drug-likeness (QED) is 0.812. The zero-order valence-electron chi connectivity index (χ0n) is 11.3. The maximum Gasteiger partial charge on any atom is 0.322 e. The van der Waals surface area contributed by atoms with Gasteiger partial charge in [-0.25, -0.2) is 0 Å². The molecule has 0 saturated carbocycles. The van der Waals surface area contributed by atoms with Gasteiger partial charge in [0.2, 0.25) is 17.1 Å². The Kier molecular flexibility index (Phi) is 6.27. The summed E-state index contributed by atoms with van der Waals surface area (Å²) in [5.74, 6) is 0.166. The highest BCUT2D eigenvalue weighted by atomic mass is 35.5. The Morgan fingerprint density at radius 3 is 2.74 bits per heavy atom. The number of ether oxygens (including phenoxy) is 1. The van der Waals surface area contributed by atoms with Crippen molar-refractivity contribution in [1.29, 1.82) is 0 Å². The lowest BCUT2D eigenvalue weighted by molar-refractivity contribution is -0.127. The molecule has 0 spiro atoms. The third kappa shape index (κ3) is 5.25. The summed E-state index contributed by atoms with van der Waals surface area (Å²) < 4.78 is 5.27. The van der Waals surface area contributed by atoms with Gasteiger partial charge in [0.15, 0.2) is 0 Å². The van der Waals surface area contributed by atoms with Gasteiger partial charge in [-0.1, -0.05) is 6.92 Å². The van der Waals surface area contributed by atoms with Gasteiger partial charge in [0, 0.05) is 13.6 Å². The smallest absolute Gasteiger partial charge is 0.322 e. The number of rotatable bonds is 7. The van der Waals surface area contributed by atoms with Crippen LogP contribution in [0.5, 0.6) is 6.01 Å². The third-order valence-corrected chi connectivity index (χ3v) is 2.49. The van der Waals surface area contributed by atoms with Gasteiger partial charge in [0.05, 0.1) is 13.2 Å². The highest BCUT2D eigenvalue weighted by Crippen LogP contribution is 2.11. The van der Waals surface area contributed by atoms with Crippen LogP contribution in [0, 0.1) is 0 Å². The number of nitrogens with zero attached hydrogens (tertiary/aromatic N) is 4. The number of carbonyl (C=O) groups is 1. The molecule has 0 aliphatic carbocycles. The zero-order valence-corrected chi connectivity index (χ0v) is 12.1. The molecular formula is C11H18ClN5O2. The number of likely N-dealkylation sites (N-methyl/N-ethyl adjacent to an activating group) is 1. The fourth-order valence-electron chi connectivity index (χ4n) is 1.13. The summed E-state index contributed by atoms with van der Waals surface area (Å²) >= 11 is 5.76. The molecule has 0 saturated heterocycles. The van der Waals surface area contributed by atoms with Crippen LogP contribution in [-0.2, 0) is 4.79 Å². The summed E-state index contributed by atoms with van der Waals surface area (Å²) in [4.78, 5) is 24.9. The molecule has 0 bridgehead atoms. The van der Waals surface area contributed by atoms with Crippen molar-refractivity contribution >= 4 is 23.5 Å². The average Bonchev–Trinajstić information content (AvgIpc) is 2.41. The number of anilines is 1. The summed E-state index contributed by atoms with van der Waals surface area (Å²) in [5, 5.41) is 2.83. The lowest BCUT2D eigenvalue weighted by atomic mass is 10.5. The van der Waals surface area contributed by atoms with E-state index in [0.29, 0.717) is 13.2 Å². The van der Waals surface area contributed by atoms with Gasteiger partial charge in [-0.2, -0.15) is 15.0 Å².